The smallest absolute Gasteiger partial charge is 0.266 e. The van der Waals surface area contributed by atoms with Gasteiger partial charge in [0, 0.05) is 17.1 Å². The molecule has 26 heavy (non-hydrogen) atoms. The molecule has 0 bridgehead atoms. The van der Waals surface area contributed by atoms with Crippen LogP contribution in [0.5, 0.6) is 5.75 Å². The maximum atomic E-state index is 12.4. The van der Waals surface area contributed by atoms with Crippen molar-refractivity contribution in [3.63, 3.8) is 0 Å². The predicted octanol–water partition coefficient (Wildman–Crippen LogP) is 4.54. The van der Waals surface area contributed by atoms with Crippen LogP contribution in [-0.2, 0) is 4.79 Å². The molecule has 0 aliphatic heterocycles. The van der Waals surface area contributed by atoms with Gasteiger partial charge in [-0.25, -0.2) is 0 Å². The van der Waals surface area contributed by atoms with Crippen LogP contribution >= 0.6 is 11.5 Å². The van der Waals surface area contributed by atoms with Crippen LogP contribution in [0.15, 0.2) is 42.5 Å². The zero-order valence-electron chi connectivity index (χ0n) is 15.2. The van der Waals surface area contributed by atoms with E-state index in [1.165, 1.54) is 11.1 Å². The van der Waals surface area contributed by atoms with E-state index in [1.807, 2.05) is 63.2 Å². The number of carbonyl (C=O) groups is 1. The summed E-state index contributed by atoms with van der Waals surface area (Å²) in [5.74, 6) is 1.02. The van der Waals surface area contributed by atoms with E-state index in [-0.39, 0.29) is 5.91 Å². The maximum absolute atomic E-state index is 12.4. The third-order valence-electron chi connectivity index (χ3n) is 4.13. The third-order valence-corrected chi connectivity index (χ3v) is 4.76. The summed E-state index contributed by atoms with van der Waals surface area (Å²) in [6, 6.07) is 13.7. The van der Waals surface area contributed by atoms with Gasteiger partial charge in [-0.1, -0.05) is 35.9 Å². The monoisotopic (exact) mass is 367 g/mol. The molecule has 0 aliphatic rings. The zero-order chi connectivity index (χ0) is 18.7. The second-order valence-corrected chi connectivity index (χ2v) is 7.04. The number of hydrogen-bond donors (Lipinski definition) is 1. The number of aromatic nitrogens is 2. The molecule has 0 spiro atoms. The van der Waals surface area contributed by atoms with Gasteiger partial charge in [-0.05, 0) is 51.0 Å². The topological polar surface area (TPSA) is 64.1 Å². The lowest BCUT2D eigenvalue weighted by molar-refractivity contribution is -0.122. The number of anilines is 1. The summed E-state index contributed by atoms with van der Waals surface area (Å²) >= 11 is 1.16. The van der Waals surface area contributed by atoms with E-state index in [0.717, 1.165) is 22.7 Å². The van der Waals surface area contributed by atoms with Gasteiger partial charge in [-0.3, -0.25) is 10.1 Å². The van der Waals surface area contributed by atoms with Crippen LogP contribution in [0.4, 0.5) is 5.13 Å². The number of benzene rings is 2. The van der Waals surface area contributed by atoms with E-state index < -0.39 is 6.10 Å². The van der Waals surface area contributed by atoms with Crippen molar-refractivity contribution in [3.8, 4) is 17.1 Å². The van der Waals surface area contributed by atoms with Crippen LogP contribution in [-0.4, -0.2) is 21.4 Å². The van der Waals surface area contributed by atoms with Crippen molar-refractivity contribution in [2.24, 2.45) is 0 Å². The van der Waals surface area contributed by atoms with Gasteiger partial charge in [0.15, 0.2) is 11.9 Å². The summed E-state index contributed by atoms with van der Waals surface area (Å²) in [6.07, 6.45) is -0.635. The van der Waals surface area contributed by atoms with Crippen molar-refractivity contribution in [2.75, 3.05) is 5.32 Å². The van der Waals surface area contributed by atoms with E-state index in [4.69, 9.17) is 4.74 Å². The molecular weight excluding hydrogens is 346 g/mol. The molecule has 134 valence electrons. The van der Waals surface area contributed by atoms with E-state index in [0.29, 0.717) is 16.7 Å². The Labute approximate surface area is 157 Å². The average molecular weight is 367 g/mol. The molecule has 0 aliphatic carbocycles. The molecule has 0 saturated heterocycles. The van der Waals surface area contributed by atoms with Crippen molar-refractivity contribution >= 4 is 22.6 Å². The van der Waals surface area contributed by atoms with Crippen LogP contribution < -0.4 is 10.1 Å². The Kier molecular flexibility index (Phi) is 5.32. The standard InChI is InChI=1S/C20H21N3O2S/c1-12-5-8-16(9-6-12)18-21-20(26-23-18)22-19(24)15(4)25-17-10-7-13(2)14(3)11-17/h5-11,15H,1-4H3,(H,21,22,23,24). The van der Waals surface area contributed by atoms with Gasteiger partial charge in [0.2, 0.25) is 5.13 Å². The Balaban J connectivity index is 1.64. The second-order valence-electron chi connectivity index (χ2n) is 6.28. The summed E-state index contributed by atoms with van der Waals surface area (Å²) in [4.78, 5) is 16.7. The molecule has 1 N–H and O–H groups in total. The first-order valence-corrected chi connectivity index (χ1v) is 9.15. The van der Waals surface area contributed by atoms with Crippen LogP contribution in [0.25, 0.3) is 11.4 Å². The molecule has 5 nitrogen and oxygen atoms in total. The Bertz CT molecular complexity index is 919. The zero-order valence-corrected chi connectivity index (χ0v) is 16.1. The molecule has 2 aromatic carbocycles. The highest BCUT2D eigenvalue weighted by molar-refractivity contribution is 7.10. The van der Waals surface area contributed by atoms with Gasteiger partial charge in [-0.15, -0.1) is 0 Å². The highest BCUT2D eigenvalue weighted by Gasteiger charge is 2.17. The van der Waals surface area contributed by atoms with E-state index in [9.17, 15) is 4.79 Å². The molecule has 0 radical (unpaired) electrons. The van der Waals surface area contributed by atoms with Gasteiger partial charge in [0.1, 0.15) is 5.75 Å². The van der Waals surface area contributed by atoms with Crippen molar-refractivity contribution in [1.82, 2.24) is 9.36 Å². The molecule has 0 fully saturated rings. The van der Waals surface area contributed by atoms with Crippen LogP contribution in [0, 0.1) is 20.8 Å². The highest BCUT2D eigenvalue weighted by atomic mass is 32.1. The Morgan fingerprint density at radius 1 is 1.08 bits per heavy atom. The minimum Gasteiger partial charge on any atom is -0.481 e. The number of nitrogens with zero attached hydrogens (tertiary/aromatic N) is 2. The van der Waals surface area contributed by atoms with E-state index in [2.05, 4.69) is 14.7 Å². The molecule has 0 saturated carbocycles. The fourth-order valence-electron chi connectivity index (χ4n) is 2.35. The number of ether oxygens (including phenoxy) is 1. The maximum Gasteiger partial charge on any atom is 0.266 e. The SMILES string of the molecule is Cc1ccc(-c2nsc(NC(=O)C(C)Oc3ccc(C)c(C)c3)n2)cc1. The predicted molar refractivity (Wildman–Crippen MR) is 105 cm³/mol. The molecule has 3 aromatic rings. The first kappa shape index (κ1) is 18.1. The Morgan fingerprint density at radius 2 is 1.81 bits per heavy atom. The van der Waals surface area contributed by atoms with Gasteiger partial charge in [0.05, 0.1) is 0 Å². The molecule has 1 atom stereocenters. The largest absolute Gasteiger partial charge is 0.481 e. The minimum absolute atomic E-state index is 0.255. The number of carbonyl (C=O) groups excluding carboxylic acids is 1. The van der Waals surface area contributed by atoms with Gasteiger partial charge in [-0.2, -0.15) is 9.36 Å². The molecule has 1 unspecified atom stereocenters. The van der Waals surface area contributed by atoms with Crippen LogP contribution in [0.2, 0.25) is 0 Å². The van der Waals surface area contributed by atoms with Crippen molar-refractivity contribution in [3.05, 3.63) is 59.2 Å². The molecule has 1 heterocycles. The lowest BCUT2D eigenvalue weighted by Crippen LogP contribution is -2.30. The van der Waals surface area contributed by atoms with Crippen molar-refractivity contribution < 1.29 is 9.53 Å². The fourth-order valence-corrected chi connectivity index (χ4v) is 2.94. The number of hydrogen-bond acceptors (Lipinski definition) is 5. The van der Waals surface area contributed by atoms with Crippen LogP contribution in [0.3, 0.4) is 0 Å². The summed E-state index contributed by atoms with van der Waals surface area (Å²) in [5, 5.41) is 3.23. The number of nitrogens with one attached hydrogen (secondary N) is 1. The molecule has 1 aromatic heterocycles. The van der Waals surface area contributed by atoms with E-state index in [1.54, 1.807) is 6.92 Å². The normalized spacial score (nSPS) is 11.8. The molecule has 1 amide bonds. The third kappa shape index (κ3) is 4.26. The second kappa shape index (κ2) is 7.66. The molecule has 3 rings (SSSR count). The summed E-state index contributed by atoms with van der Waals surface area (Å²) < 4.78 is 10.0. The first-order valence-electron chi connectivity index (χ1n) is 8.38. The van der Waals surface area contributed by atoms with Gasteiger partial charge >= 0.3 is 0 Å². The van der Waals surface area contributed by atoms with Gasteiger partial charge in [0.25, 0.3) is 5.91 Å². The number of amides is 1. The lowest BCUT2D eigenvalue weighted by Gasteiger charge is -2.14. The first-order chi connectivity index (χ1) is 12.4. The molecule has 6 heteroatoms. The van der Waals surface area contributed by atoms with Crippen LogP contribution in [0.1, 0.15) is 23.6 Å². The summed E-state index contributed by atoms with van der Waals surface area (Å²) in [5.41, 5.74) is 4.41. The molecular formula is C20H21N3O2S. The number of aryl methyl sites for hydroxylation is 3. The van der Waals surface area contributed by atoms with Crippen molar-refractivity contribution in [1.29, 1.82) is 0 Å². The van der Waals surface area contributed by atoms with Crippen molar-refractivity contribution in [2.45, 2.75) is 33.8 Å². The fraction of sp³-hybridized carbons (Fsp3) is 0.250. The minimum atomic E-state index is -0.635. The number of rotatable bonds is 5. The summed E-state index contributed by atoms with van der Waals surface area (Å²) in [7, 11) is 0. The Morgan fingerprint density at radius 3 is 2.50 bits per heavy atom. The quantitative estimate of drug-likeness (QED) is 0.719. The summed E-state index contributed by atoms with van der Waals surface area (Å²) in [6.45, 7) is 7.80. The highest BCUT2D eigenvalue weighted by Crippen LogP contribution is 2.22. The Hall–Kier alpha value is -2.73. The lowest BCUT2D eigenvalue weighted by atomic mass is 10.1. The average Bonchev–Trinajstić information content (AvgIpc) is 3.07. The van der Waals surface area contributed by atoms with E-state index >= 15 is 0 Å². The van der Waals surface area contributed by atoms with Gasteiger partial charge < -0.3 is 4.74 Å².